The van der Waals surface area contributed by atoms with Crippen LogP contribution >= 0.6 is 0 Å². The topological polar surface area (TPSA) is 31.0 Å². The largest absolute Gasteiger partial charge is 0.496 e. The van der Waals surface area contributed by atoms with Crippen LogP contribution in [0.25, 0.3) is 0 Å². The van der Waals surface area contributed by atoms with Gasteiger partial charge in [0.05, 0.1) is 13.7 Å². The van der Waals surface area contributed by atoms with Crippen LogP contribution in [-0.2, 0) is 15.1 Å². The molecule has 1 aliphatic heterocycles. The van der Waals surface area contributed by atoms with E-state index < -0.39 is 0 Å². The summed E-state index contributed by atoms with van der Waals surface area (Å²) in [4.78, 5) is 0. The van der Waals surface area contributed by atoms with Gasteiger partial charge in [-0.25, -0.2) is 0 Å². The minimum atomic E-state index is -0.299. The second kappa shape index (κ2) is 4.00. The van der Waals surface area contributed by atoms with Gasteiger partial charge in [0.2, 0.25) is 0 Å². The molecular formula is C14H18O3. The van der Waals surface area contributed by atoms with Gasteiger partial charge >= 0.3 is 0 Å². The van der Waals surface area contributed by atoms with Gasteiger partial charge in [0.1, 0.15) is 17.5 Å². The molecule has 0 spiro atoms. The van der Waals surface area contributed by atoms with Crippen LogP contribution in [0.5, 0.6) is 5.75 Å². The zero-order valence-electron chi connectivity index (χ0n) is 10.3. The Balaban J connectivity index is 2.07. The Bertz CT molecular complexity index is 396. The second-order valence-electron chi connectivity index (χ2n) is 4.79. The Morgan fingerprint density at radius 1 is 1.24 bits per heavy atom. The van der Waals surface area contributed by atoms with E-state index in [1.807, 2.05) is 18.2 Å². The summed E-state index contributed by atoms with van der Waals surface area (Å²) in [5.41, 5.74) is 0.835. The van der Waals surface area contributed by atoms with Gasteiger partial charge in [0.15, 0.2) is 0 Å². The first-order valence-electron chi connectivity index (χ1n) is 6.13. The molecule has 0 radical (unpaired) electrons. The van der Waals surface area contributed by atoms with Crippen LogP contribution in [0.1, 0.15) is 18.4 Å². The molecule has 92 valence electrons. The van der Waals surface area contributed by atoms with E-state index in [2.05, 4.69) is 6.07 Å². The summed E-state index contributed by atoms with van der Waals surface area (Å²) in [6.07, 6.45) is 2.62. The minimum Gasteiger partial charge on any atom is -0.496 e. The molecule has 1 heterocycles. The molecule has 1 aromatic rings. The second-order valence-corrected chi connectivity index (χ2v) is 4.79. The molecule has 1 aliphatic carbocycles. The molecule has 2 aliphatic rings. The van der Waals surface area contributed by atoms with E-state index in [0.29, 0.717) is 5.92 Å². The van der Waals surface area contributed by atoms with Gasteiger partial charge in [-0.05, 0) is 24.8 Å². The molecule has 3 rings (SSSR count). The van der Waals surface area contributed by atoms with Gasteiger partial charge in [-0.2, -0.15) is 0 Å². The van der Waals surface area contributed by atoms with Gasteiger partial charge < -0.3 is 14.2 Å². The van der Waals surface area contributed by atoms with Crippen molar-refractivity contribution in [3.63, 3.8) is 0 Å². The van der Waals surface area contributed by atoms with Crippen LogP contribution in [-0.4, -0.2) is 26.9 Å². The lowest BCUT2D eigenvalue weighted by Crippen LogP contribution is -2.37. The Kier molecular flexibility index (Phi) is 2.60. The molecule has 0 unspecified atom stereocenters. The maximum absolute atomic E-state index is 5.91. The summed E-state index contributed by atoms with van der Waals surface area (Å²) >= 11 is 0. The molecule has 0 aromatic heterocycles. The van der Waals surface area contributed by atoms with Gasteiger partial charge in [-0.15, -0.1) is 0 Å². The van der Waals surface area contributed by atoms with Crippen molar-refractivity contribution < 1.29 is 14.2 Å². The van der Waals surface area contributed by atoms with Crippen molar-refractivity contribution in [2.45, 2.75) is 24.5 Å². The molecule has 1 saturated heterocycles. The van der Waals surface area contributed by atoms with E-state index in [1.165, 1.54) is 12.8 Å². The van der Waals surface area contributed by atoms with Crippen LogP contribution < -0.4 is 4.74 Å². The van der Waals surface area contributed by atoms with E-state index >= 15 is 0 Å². The summed E-state index contributed by atoms with van der Waals surface area (Å²) in [5.74, 6) is 1.47. The van der Waals surface area contributed by atoms with Crippen molar-refractivity contribution in [3.05, 3.63) is 29.8 Å². The standard InChI is InChI=1S/C14H18O3/c1-15-12-6-4-3-5-11(12)14(16-2,10-7-8-10)13-9-17-13/h3-6,10,13H,7-9H2,1-2H3/t13-,14-/m1/s1. The van der Waals surface area contributed by atoms with Crippen molar-refractivity contribution in [2.75, 3.05) is 20.8 Å². The zero-order chi connectivity index (χ0) is 11.9. The first kappa shape index (κ1) is 11.1. The third-order valence-electron chi connectivity index (χ3n) is 3.86. The molecule has 0 bridgehead atoms. The van der Waals surface area contributed by atoms with Crippen molar-refractivity contribution in [1.82, 2.24) is 0 Å². The highest BCUT2D eigenvalue weighted by Gasteiger charge is 2.58. The third-order valence-corrected chi connectivity index (χ3v) is 3.86. The molecule has 1 aromatic carbocycles. The predicted molar refractivity (Wildman–Crippen MR) is 64.1 cm³/mol. The SMILES string of the molecule is COc1ccccc1[C@](OC)(C1CC1)[C@H]1CO1. The molecule has 2 fully saturated rings. The van der Waals surface area contributed by atoms with E-state index in [4.69, 9.17) is 14.2 Å². The fraction of sp³-hybridized carbons (Fsp3) is 0.571. The summed E-state index contributed by atoms with van der Waals surface area (Å²) in [6, 6.07) is 8.12. The van der Waals surface area contributed by atoms with Crippen LogP contribution in [0.3, 0.4) is 0 Å². The van der Waals surface area contributed by atoms with E-state index in [0.717, 1.165) is 17.9 Å². The predicted octanol–water partition coefficient (Wildman–Crippen LogP) is 2.35. The van der Waals surface area contributed by atoms with Crippen molar-refractivity contribution in [2.24, 2.45) is 5.92 Å². The van der Waals surface area contributed by atoms with Crippen molar-refractivity contribution in [1.29, 1.82) is 0 Å². The van der Waals surface area contributed by atoms with Gasteiger partial charge in [0.25, 0.3) is 0 Å². The zero-order valence-corrected chi connectivity index (χ0v) is 10.3. The lowest BCUT2D eigenvalue weighted by Gasteiger charge is -2.32. The Morgan fingerprint density at radius 3 is 2.47 bits per heavy atom. The highest BCUT2D eigenvalue weighted by atomic mass is 16.6. The number of epoxide rings is 1. The third kappa shape index (κ3) is 1.65. The molecule has 0 N–H and O–H groups in total. The number of hydrogen-bond donors (Lipinski definition) is 0. The maximum atomic E-state index is 5.91. The first-order valence-corrected chi connectivity index (χ1v) is 6.13. The van der Waals surface area contributed by atoms with Crippen molar-refractivity contribution in [3.8, 4) is 5.75 Å². The van der Waals surface area contributed by atoms with E-state index in [-0.39, 0.29) is 11.7 Å². The number of methoxy groups -OCH3 is 2. The molecular weight excluding hydrogens is 216 g/mol. The lowest BCUT2D eigenvalue weighted by molar-refractivity contribution is -0.0576. The highest BCUT2D eigenvalue weighted by molar-refractivity contribution is 5.41. The quantitative estimate of drug-likeness (QED) is 0.733. The number of rotatable bonds is 5. The fourth-order valence-corrected chi connectivity index (χ4v) is 2.84. The number of hydrogen-bond acceptors (Lipinski definition) is 3. The van der Waals surface area contributed by atoms with Gasteiger partial charge in [-0.1, -0.05) is 18.2 Å². The average Bonchev–Trinajstić information content (AvgIpc) is 3.23. The Labute approximate surface area is 102 Å². The molecule has 1 saturated carbocycles. The van der Waals surface area contributed by atoms with Gasteiger partial charge in [0, 0.05) is 12.7 Å². The molecule has 3 nitrogen and oxygen atoms in total. The smallest absolute Gasteiger partial charge is 0.127 e. The molecule has 17 heavy (non-hydrogen) atoms. The van der Waals surface area contributed by atoms with Crippen molar-refractivity contribution >= 4 is 0 Å². The minimum absolute atomic E-state index is 0.191. The number of ether oxygens (including phenoxy) is 3. The summed E-state index contributed by atoms with van der Waals surface area (Å²) in [7, 11) is 3.49. The number of para-hydroxylation sites is 1. The number of benzene rings is 1. The van der Waals surface area contributed by atoms with Crippen LogP contribution in [0.15, 0.2) is 24.3 Å². The van der Waals surface area contributed by atoms with E-state index in [9.17, 15) is 0 Å². The maximum Gasteiger partial charge on any atom is 0.127 e. The summed E-state index contributed by atoms with van der Waals surface area (Å²) < 4.78 is 16.9. The van der Waals surface area contributed by atoms with Crippen LogP contribution in [0, 0.1) is 5.92 Å². The Morgan fingerprint density at radius 2 is 1.94 bits per heavy atom. The summed E-state index contributed by atoms with van der Waals surface area (Å²) in [5, 5.41) is 0. The first-order chi connectivity index (χ1) is 8.32. The van der Waals surface area contributed by atoms with Crippen LogP contribution in [0.2, 0.25) is 0 Å². The average molecular weight is 234 g/mol. The normalized spacial score (nSPS) is 26.4. The van der Waals surface area contributed by atoms with E-state index in [1.54, 1.807) is 14.2 Å². The molecule has 2 atom stereocenters. The fourth-order valence-electron chi connectivity index (χ4n) is 2.84. The molecule has 3 heteroatoms. The lowest BCUT2D eigenvalue weighted by atomic mass is 9.84. The van der Waals surface area contributed by atoms with Crippen LogP contribution in [0.4, 0.5) is 0 Å². The summed E-state index contributed by atoms with van der Waals surface area (Å²) in [6.45, 7) is 0.794. The van der Waals surface area contributed by atoms with Gasteiger partial charge in [-0.3, -0.25) is 0 Å². The molecule has 0 amide bonds. The monoisotopic (exact) mass is 234 g/mol. The Hall–Kier alpha value is -1.06. The highest BCUT2D eigenvalue weighted by Crippen LogP contribution is 2.55.